The van der Waals surface area contributed by atoms with Gasteiger partial charge in [-0.1, -0.05) is 30.7 Å². The Bertz CT molecular complexity index is 1100. The highest BCUT2D eigenvalue weighted by atomic mass is 16.5. The number of urea groups is 1. The van der Waals surface area contributed by atoms with Crippen molar-refractivity contribution in [2.45, 2.75) is 40.7 Å². The number of rotatable bonds is 7. The maximum absolute atomic E-state index is 13.1. The van der Waals surface area contributed by atoms with Crippen molar-refractivity contribution in [3.8, 4) is 5.75 Å². The van der Waals surface area contributed by atoms with Crippen molar-refractivity contribution in [3.63, 3.8) is 0 Å². The number of para-hydroxylation sites is 2. The topological polar surface area (TPSA) is 74.4 Å². The van der Waals surface area contributed by atoms with Crippen LogP contribution in [0.25, 0.3) is 10.9 Å². The normalized spacial score (nSPS) is 10.8. The lowest BCUT2D eigenvalue weighted by Gasteiger charge is -2.24. The Kier molecular flexibility index (Phi) is 6.77. The maximum Gasteiger partial charge on any atom is 0.322 e. The minimum Gasteiger partial charge on any atom is -0.492 e. The van der Waals surface area contributed by atoms with E-state index < -0.39 is 0 Å². The number of anilines is 1. The first kappa shape index (κ1) is 21.4. The summed E-state index contributed by atoms with van der Waals surface area (Å²) in [6, 6.07) is 12.9. The van der Waals surface area contributed by atoms with E-state index in [-0.39, 0.29) is 11.6 Å². The lowest BCUT2D eigenvalue weighted by molar-refractivity contribution is 0.209. The van der Waals surface area contributed by atoms with Gasteiger partial charge < -0.3 is 19.9 Å². The lowest BCUT2D eigenvalue weighted by atomic mass is 10.0. The molecule has 0 saturated carbocycles. The number of nitrogens with one attached hydrogen (secondary N) is 2. The highest BCUT2D eigenvalue weighted by Gasteiger charge is 2.17. The number of pyridine rings is 1. The maximum atomic E-state index is 13.1. The number of nitrogens with zero attached hydrogens (tertiary/aromatic N) is 1. The first-order valence-corrected chi connectivity index (χ1v) is 10.3. The van der Waals surface area contributed by atoms with Crippen LogP contribution >= 0.6 is 0 Å². The second-order valence-corrected chi connectivity index (χ2v) is 7.44. The van der Waals surface area contributed by atoms with Crippen LogP contribution in [0.15, 0.2) is 47.3 Å². The average Bonchev–Trinajstić information content (AvgIpc) is 2.70. The van der Waals surface area contributed by atoms with Crippen LogP contribution in [0.3, 0.4) is 0 Å². The predicted octanol–water partition coefficient (Wildman–Crippen LogP) is 4.99. The van der Waals surface area contributed by atoms with E-state index in [0.29, 0.717) is 31.1 Å². The van der Waals surface area contributed by atoms with Crippen molar-refractivity contribution in [3.05, 3.63) is 69.5 Å². The SMILES string of the molecule is CCCN(Cc1cc(=O)[nH]c2c(C)cc(C)cc12)C(=O)Nc1ccccc1OCC. The molecular formula is C24H29N3O3. The van der Waals surface area contributed by atoms with Crippen molar-refractivity contribution in [2.75, 3.05) is 18.5 Å². The highest BCUT2D eigenvalue weighted by Crippen LogP contribution is 2.25. The van der Waals surface area contributed by atoms with Gasteiger partial charge in [-0.15, -0.1) is 0 Å². The minimum absolute atomic E-state index is 0.164. The van der Waals surface area contributed by atoms with Crippen molar-refractivity contribution < 1.29 is 9.53 Å². The van der Waals surface area contributed by atoms with E-state index in [1.807, 2.05) is 58.0 Å². The van der Waals surface area contributed by atoms with Gasteiger partial charge in [0.25, 0.3) is 0 Å². The smallest absolute Gasteiger partial charge is 0.322 e. The van der Waals surface area contributed by atoms with Crippen LogP contribution in [0.4, 0.5) is 10.5 Å². The number of aromatic amines is 1. The molecule has 158 valence electrons. The summed E-state index contributed by atoms with van der Waals surface area (Å²) in [5.41, 5.74) is 4.26. The van der Waals surface area contributed by atoms with E-state index in [1.54, 1.807) is 11.0 Å². The second kappa shape index (κ2) is 9.48. The van der Waals surface area contributed by atoms with Gasteiger partial charge in [-0.2, -0.15) is 0 Å². The molecule has 3 rings (SSSR count). The molecule has 0 aliphatic heterocycles. The molecule has 0 bridgehead atoms. The van der Waals surface area contributed by atoms with Crippen molar-refractivity contribution >= 4 is 22.6 Å². The number of carbonyl (C=O) groups is 1. The summed E-state index contributed by atoms with van der Waals surface area (Å²) in [5.74, 6) is 0.637. The first-order valence-electron chi connectivity index (χ1n) is 10.3. The number of fused-ring (bicyclic) bond motifs is 1. The zero-order chi connectivity index (χ0) is 21.7. The van der Waals surface area contributed by atoms with Gasteiger partial charge in [-0.25, -0.2) is 4.79 Å². The molecule has 0 saturated heterocycles. The second-order valence-electron chi connectivity index (χ2n) is 7.44. The van der Waals surface area contributed by atoms with Crippen LogP contribution in [-0.2, 0) is 6.54 Å². The molecule has 2 aromatic carbocycles. The molecule has 6 heteroatoms. The van der Waals surface area contributed by atoms with Crippen LogP contribution in [0.1, 0.15) is 37.0 Å². The van der Waals surface area contributed by atoms with Gasteiger partial charge in [-0.05, 0) is 56.5 Å². The quantitative estimate of drug-likeness (QED) is 0.579. The van der Waals surface area contributed by atoms with Gasteiger partial charge in [0.1, 0.15) is 5.75 Å². The zero-order valence-corrected chi connectivity index (χ0v) is 18.0. The van der Waals surface area contributed by atoms with Crippen LogP contribution in [0.2, 0.25) is 0 Å². The molecule has 0 atom stereocenters. The molecule has 0 fully saturated rings. The Morgan fingerprint density at radius 2 is 1.90 bits per heavy atom. The third-order valence-corrected chi connectivity index (χ3v) is 4.95. The van der Waals surface area contributed by atoms with E-state index in [4.69, 9.17) is 4.74 Å². The minimum atomic E-state index is -0.221. The van der Waals surface area contributed by atoms with Gasteiger partial charge in [0.15, 0.2) is 0 Å². The molecule has 0 spiro atoms. The van der Waals surface area contributed by atoms with Crippen LogP contribution < -0.4 is 15.6 Å². The number of carbonyl (C=O) groups excluding carboxylic acids is 1. The van der Waals surface area contributed by atoms with Gasteiger partial charge in [0.2, 0.25) is 5.56 Å². The molecule has 0 unspecified atom stereocenters. The standard InChI is InChI=1S/C24H29N3O3/c1-5-11-27(24(29)25-20-9-7-8-10-21(20)30-6-2)15-18-14-22(28)26-23-17(4)12-16(3)13-19(18)23/h7-10,12-14H,5-6,11,15H2,1-4H3,(H,25,29)(H,26,28). The van der Waals surface area contributed by atoms with E-state index in [1.165, 1.54) is 0 Å². The lowest BCUT2D eigenvalue weighted by Crippen LogP contribution is -2.35. The molecule has 0 aliphatic carbocycles. The zero-order valence-electron chi connectivity index (χ0n) is 18.0. The number of aryl methyl sites for hydroxylation is 2. The number of hydrogen-bond donors (Lipinski definition) is 2. The molecule has 3 aromatic rings. The average molecular weight is 408 g/mol. The number of hydrogen-bond acceptors (Lipinski definition) is 3. The summed E-state index contributed by atoms with van der Waals surface area (Å²) in [4.78, 5) is 30.0. The van der Waals surface area contributed by atoms with E-state index in [2.05, 4.69) is 16.4 Å². The largest absolute Gasteiger partial charge is 0.492 e. The Morgan fingerprint density at radius 1 is 1.13 bits per heavy atom. The summed E-state index contributed by atoms with van der Waals surface area (Å²) in [6.07, 6.45) is 0.805. The molecule has 0 aliphatic rings. The summed E-state index contributed by atoms with van der Waals surface area (Å²) in [5, 5.41) is 3.93. The predicted molar refractivity (Wildman–Crippen MR) is 121 cm³/mol. The molecule has 0 radical (unpaired) electrons. The van der Waals surface area contributed by atoms with Crippen LogP contribution in [-0.4, -0.2) is 29.1 Å². The summed E-state index contributed by atoms with van der Waals surface area (Å²) < 4.78 is 5.62. The summed E-state index contributed by atoms with van der Waals surface area (Å²) in [7, 11) is 0. The van der Waals surface area contributed by atoms with E-state index in [9.17, 15) is 9.59 Å². The van der Waals surface area contributed by atoms with Gasteiger partial charge in [0, 0.05) is 24.5 Å². The fourth-order valence-corrected chi connectivity index (χ4v) is 3.69. The Balaban J connectivity index is 1.93. The Labute approximate surface area is 176 Å². The van der Waals surface area contributed by atoms with Crippen molar-refractivity contribution in [2.24, 2.45) is 0 Å². The van der Waals surface area contributed by atoms with Gasteiger partial charge in [-0.3, -0.25) is 4.79 Å². The number of amides is 2. The molecule has 2 N–H and O–H groups in total. The van der Waals surface area contributed by atoms with Crippen LogP contribution in [0, 0.1) is 13.8 Å². The van der Waals surface area contributed by atoms with Crippen LogP contribution in [0.5, 0.6) is 5.75 Å². The van der Waals surface area contributed by atoms with Crippen molar-refractivity contribution in [1.29, 1.82) is 0 Å². The number of H-pyrrole nitrogens is 1. The summed E-state index contributed by atoms with van der Waals surface area (Å²) in [6.45, 7) is 9.38. The fraction of sp³-hybridized carbons (Fsp3) is 0.333. The first-order chi connectivity index (χ1) is 14.4. The van der Waals surface area contributed by atoms with Gasteiger partial charge in [0.05, 0.1) is 17.8 Å². The molecular weight excluding hydrogens is 378 g/mol. The monoisotopic (exact) mass is 407 g/mol. The highest BCUT2D eigenvalue weighted by molar-refractivity contribution is 5.91. The molecule has 1 aromatic heterocycles. The number of benzene rings is 2. The van der Waals surface area contributed by atoms with Crippen molar-refractivity contribution in [1.82, 2.24) is 9.88 Å². The van der Waals surface area contributed by atoms with E-state index >= 15 is 0 Å². The molecule has 30 heavy (non-hydrogen) atoms. The summed E-state index contributed by atoms with van der Waals surface area (Å²) >= 11 is 0. The number of aromatic nitrogens is 1. The van der Waals surface area contributed by atoms with E-state index in [0.717, 1.165) is 34.0 Å². The Hall–Kier alpha value is -3.28. The molecule has 6 nitrogen and oxygen atoms in total. The van der Waals surface area contributed by atoms with Gasteiger partial charge >= 0.3 is 6.03 Å². The molecule has 2 amide bonds. The Morgan fingerprint density at radius 3 is 2.63 bits per heavy atom. The third kappa shape index (κ3) is 4.82. The fourth-order valence-electron chi connectivity index (χ4n) is 3.69. The third-order valence-electron chi connectivity index (χ3n) is 4.95. The molecule has 1 heterocycles. The number of ether oxygens (including phenoxy) is 1.